The third-order valence-electron chi connectivity index (χ3n) is 5.08. The molecule has 0 bridgehead atoms. The van der Waals surface area contributed by atoms with E-state index in [0.29, 0.717) is 16.3 Å². The van der Waals surface area contributed by atoms with Gasteiger partial charge in [-0.2, -0.15) is 0 Å². The number of ether oxygens (including phenoxy) is 3. The van der Waals surface area contributed by atoms with Crippen molar-refractivity contribution in [2.75, 3.05) is 19.8 Å². The molecule has 7 nitrogen and oxygen atoms in total. The lowest BCUT2D eigenvalue weighted by molar-refractivity contribution is -0.123. The first-order valence-electron chi connectivity index (χ1n) is 11.2. The number of rotatable bonds is 9. The van der Waals surface area contributed by atoms with Crippen LogP contribution in [0, 0.1) is 0 Å². The molecule has 190 valence electrons. The monoisotopic (exact) mass is 557 g/mol. The fraction of sp³-hybridized carbons (Fsp3) is 0.148. The van der Waals surface area contributed by atoms with E-state index < -0.39 is 17.1 Å². The van der Waals surface area contributed by atoms with Crippen molar-refractivity contribution in [3.05, 3.63) is 92.8 Å². The van der Waals surface area contributed by atoms with E-state index in [9.17, 15) is 14.4 Å². The summed E-state index contributed by atoms with van der Waals surface area (Å²) >= 11 is 13.2. The van der Waals surface area contributed by atoms with Gasteiger partial charge in [0.15, 0.2) is 11.5 Å². The van der Waals surface area contributed by atoms with Crippen molar-refractivity contribution in [1.82, 2.24) is 4.90 Å². The van der Waals surface area contributed by atoms with Crippen LogP contribution in [0.2, 0.25) is 10.0 Å². The highest BCUT2D eigenvalue weighted by Gasteiger charge is 2.35. The number of halogens is 2. The second-order valence-electron chi connectivity index (χ2n) is 7.66. The van der Waals surface area contributed by atoms with Crippen molar-refractivity contribution < 1.29 is 28.6 Å². The SMILES string of the molecule is CCOc1cc(/C=C2\SC(=O)N(CCOc3ccccc3)C2=O)cc(Cl)c1OC(=O)c1cccc(Cl)c1. The fourth-order valence-electron chi connectivity index (χ4n) is 3.42. The summed E-state index contributed by atoms with van der Waals surface area (Å²) in [5.41, 5.74) is 0.752. The number of benzene rings is 3. The highest BCUT2D eigenvalue weighted by molar-refractivity contribution is 8.18. The lowest BCUT2D eigenvalue weighted by Crippen LogP contribution is -2.32. The smallest absolute Gasteiger partial charge is 0.343 e. The summed E-state index contributed by atoms with van der Waals surface area (Å²) in [6.07, 6.45) is 1.54. The van der Waals surface area contributed by atoms with Crippen LogP contribution in [0.15, 0.2) is 71.6 Å². The summed E-state index contributed by atoms with van der Waals surface area (Å²) in [7, 11) is 0. The van der Waals surface area contributed by atoms with Crippen LogP contribution < -0.4 is 14.2 Å². The number of amides is 2. The zero-order valence-electron chi connectivity index (χ0n) is 19.6. The van der Waals surface area contributed by atoms with Crippen LogP contribution in [0.1, 0.15) is 22.8 Å². The summed E-state index contributed by atoms with van der Waals surface area (Å²) in [6, 6.07) is 18.6. The average molecular weight is 558 g/mol. The van der Waals surface area contributed by atoms with Crippen molar-refractivity contribution in [2.24, 2.45) is 0 Å². The highest BCUT2D eigenvalue weighted by Crippen LogP contribution is 2.39. The number of carbonyl (C=O) groups excluding carboxylic acids is 3. The Bertz CT molecular complexity index is 1360. The van der Waals surface area contributed by atoms with E-state index in [-0.39, 0.29) is 46.7 Å². The average Bonchev–Trinajstić information content (AvgIpc) is 3.14. The van der Waals surface area contributed by atoms with E-state index in [0.717, 1.165) is 16.7 Å². The van der Waals surface area contributed by atoms with Gasteiger partial charge in [0.2, 0.25) is 0 Å². The van der Waals surface area contributed by atoms with Gasteiger partial charge < -0.3 is 14.2 Å². The molecule has 1 aliphatic heterocycles. The molecule has 1 heterocycles. The Balaban J connectivity index is 1.50. The maximum Gasteiger partial charge on any atom is 0.343 e. The number of hydrogen-bond donors (Lipinski definition) is 0. The lowest BCUT2D eigenvalue weighted by Gasteiger charge is -2.14. The first-order valence-corrected chi connectivity index (χ1v) is 12.8. The Kier molecular flexibility index (Phi) is 8.76. The molecular formula is C27H21Cl2NO6S. The van der Waals surface area contributed by atoms with Gasteiger partial charge in [-0.3, -0.25) is 14.5 Å². The van der Waals surface area contributed by atoms with Gasteiger partial charge in [0.25, 0.3) is 11.1 Å². The minimum Gasteiger partial charge on any atom is -0.492 e. The zero-order valence-corrected chi connectivity index (χ0v) is 21.9. The summed E-state index contributed by atoms with van der Waals surface area (Å²) < 4.78 is 16.8. The fourth-order valence-corrected chi connectivity index (χ4v) is 4.73. The number of nitrogens with zero attached hydrogens (tertiary/aromatic N) is 1. The molecule has 0 radical (unpaired) electrons. The maximum absolute atomic E-state index is 12.9. The minimum atomic E-state index is -0.656. The molecule has 0 atom stereocenters. The predicted molar refractivity (Wildman–Crippen MR) is 144 cm³/mol. The Hall–Kier alpha value is -3.46. The van der Waals surface area contributed by atoms with Crippen LogP contribution in [0.3, 0.4) is 0 Å². The number of thioether (sulfide) groups is 1. The standard InChI is InChI=1S/C27H21Cl2NO6S/c1-2-34-22-14-17(13-21(29)24(22)36-26(32)18-7-6-8-19(28)16-18)15-23-25(31)30(27(33)37-23)11-12-35-20-9-4-3-5-10-20/h3-10,13-16H,2,11-12H2,1H3/b23-15-. The topological polar surface area (TPSA) is 82.1 Å². The van der Waals surface area contributed by atoms with E-state index in [4.69, 9.17) is 37.4 Å². The summed E-state index contributed by atoms with van der Waals surface area (Å²) in [5, 5.41) is 0.0979. The molecule has 3 aromatic carbocycles. The van der Waals surface area contributed by atoms with E-state index in [1.54, 1.807) is 49.4 Å². The first kappa shape index (κ1) is 26.6. The molecule has 4 rings (SSSR count). The van der Waals surface area contributed by atoms with Crippen LogP contribution >= 0.6 is 35.0 Å². The first-order chi connectivity index (χ1) is 17.9. The highest BCUT2D eigenvalue weighted by atomic mass is 35.5. The molecule has 1 fully saturated rings. The number of imide groups is 1. The Morgan fingerprint density at radius 2 is 1.78 bits per heavy atom. The van der Waals surface area contributed by atoms with Crippen LogP contribution in [0.5, 0.6) is 17.2 Å². The molecule has 3 aromatic rings. The van der Waals surface area contributed by atoms with Gasteiger partial charge in [-0.1, -0.05) is 47.5 Å². The normalized spacial score (nSPS) is 14.2. The Morgan fingerprint density at radius 3 is 2.51 bits per heavy atom. The quantitative estimate of drug-likeness (QED) is 0.164. The van der Waals surface area contributed by atoms with Crippen LogP contribution in [-0.4, -0.2) is 41.8 Å². The summed E-state index contributed by atoms with van der Waals surface area (Å²) in [5.74, 6) is -0.183. The van der Waals surface area contributed by atoms with E-state index >= 15 is 0 Å². The van der Waals surface area contributed by atoms with E-state index in [2.05, 4.69) is 0 Å². The molecule has 0 aliphatic carbocycles. The Morgan fingerprint density at radius 1 is 1.00 bits per heavy atom. The molecule has 10 heteroatoms. The molecule has 0 saturated carbocycles. The van der Waals surface area contributed by atoms with Crippen molar-refractivity contribution in [1.29, 1.82) is 0 Å². The number of esters is 1. The molecule has 2 amide bonds. The van der Waals surface area contributed by atoms with Gasteiger partial charge in [-0.05, 0) is 72.8 Å². The van der Waals surface area contributed by atoms with E-state index in [1.165, 1.54) is 12.1 Å². The third-order valence-corrected chi connectivity index (χ3v) is 6.51. The summed E-state index contributed by atoms with van der Waals surface area (Å²) in [6.45, 7) is 2.33. The molecule has 1 aliphatic rings. The molecular weight excluding hydrogens is 537 g/mol. The second kappa shape index (κ2) is 12.2. The summed E-state index contributed by atoms with van der Waals surface area (Å²) in [4.78, 5) is 39.3. The molecule has 0 aromatic heterocycles. The lowest BCUT2D eigenvalue weighted by atomic mass is 10.1. The number of hydrogen-bond acceptors (Lipinski definition) is 7. The van der Waals surface area contributed by atoms with Gasteiger partial charge in [0, 0.05) is 5.02 Å². The van der Waals surface area contributed by atoms with Gasteiger partial charge in [-0.15, -0.1) is 0 Å². The minimum absolute atomic E-state index is 0.0387. The van der Waals surface area contributed by atoms with Crippen molar-refractivity contribution >= 4 is 58.2 Å². The molecule has 37 heavy (non-hydrogen) atoms. The van der Waals surface area contributed by atoms with Crippen LogP contribution in [0.25, 0.3) is 6.08 Å². The molecule has 1 saturated heterocycles. The van der Waals surface area contributed by atoms with Crippen molar-refractivity contribution in [3.63, 3.8) is 0 Å². The van der Waals surface area contributed by atoms with Crippen LogP contribution in [-0.2, 0) is 4.79 Å². The zero-order chi connectivity index (χ0) is 26.4. The Labute approximate surface area is 227 Å². The van der Waals surface area contributed by atoms with Gasteiger partial charge >= 0.3 is 5.97 Å². The largest absolute Gasteiger partial charge is 0.492 e. The molecule has 0 unspecified atom stereocenters. The third kappa shape index (κ3) is 6.65. The number of carbonyl (C=O) groups is 3. The van der Waals surface area contributed by atoms with Gasteiger partial charge in [0.05, 0.1) is 28.6 Å². The maximum atomic E-state index is 12.9. The molecule has 0 N–H and O–H groups in total. The van der Waals surface area contributed by atoms with Gasteiger partial charge in [0.1, 0.15) is 12.4 Å². The van der Waals surface area contributed by atoms with Crippen LogP contribution in [0.4, 0.5) is 4.79 Å². The van der Waals surface area contributed by atoms with Crippen molar-refractivity contribution in [2.45, 2.75) is 6.92 Å². The van der Waals surface area contributed by atoms with Gasteiger partial charge in [-0.25, -0.2) is 4.79 Å². The predicted octanol–water partition coefficient (Wildman–Crippen LogP) is 6.73. The number of para-hydroxylation sites is 1. The van der Waals surface area contributed by atoms with Crippen molar-refractivity contribution in [3.8, 4) is 17.2 Å². The second-order valence-corrected chi connectivity index (χ2v) is 9.49. The molecule has 0 spiro atoms. The van der Waals surface area contributed by atoms with E-state index in [1.807, 2.05) is 18.2 Å².